The highest BCUT2D eigenvalue weighted by atomic mass is 16.4. The number of aliphatic carboxylic acids is 1. The number of hydrogen-bond donors (Lipinski definition) is 3. The Bertz CT molecular complexity index is 461. The molecule has 21 heavy (non-hydrogen) atoms. The lowest BCUT2D eigenvalue weighted by atomic mass is 9.84. The Kier molecular flexibility index (Phi) is 6.88. The van der Waals surface area contributed by atoms with Gasteiger partial charge in [-0.05, 0) is 11.5 Å². The number of aliphatic hydroxyl groups excluding tert-OH is 1. The highest BCUT2D eigenvalue weighted by Crippen LogP contribution is 2.27. The minimum absolute atomic E-state index is 0.00306. The van der Waals surface area contributed by atoms with Gasteiger partial charge in [-0.2, -0.15) is 0 Å². The number of rotatable bonds is 8. The second-order valence-electron chi connectivity index (χ2n) is 5.19. The van der Waals surface area contributed by atoms with E-state index in [9.17, 15) is 9.59 Å². The van der Waals surface area contributed by atoms with Crippen LogP contribution in [0, 0.1) is 5.92 Å². The van der Waals surface area contributed by atoms with Crippen LogP contribution in [-0.2, 0) is 9.59 Å². The normalized spacial score (nSPS) is 15.0. The summed E-state index contributed by atoms with van der Waals surface area (Å²) in [5.41, 5.74) is 0.873. The van der Waals surface area contributed by atoms with Crippen LogP contribution in [0.1, 0.15) is 38.2 Å². The first-order valence-electron chi connectivity index (χ1n) is 7.20. The zero-order valence-corrected chi connectivity index (χ0v) is 12.5. The summed E-state index contributed by atoms with van der Waals surface area (Å²) >= 11 is 0. The quantitative estimate of drug-likeness (QED) is 0.681. The van der Waals surface area contributed by atoms with Gasteiger partial charge in [-0.3, -0.25) is 4.79 Å². The number of aliphatic hydroxyl groups is 1. The molecule has 0 fully saturated rings. The predicted octanol–water partition coefficient (Wildman–Crippen LogP) is 1.77. The lowest BCUT2D eigenvalue weighted by molar-refractivity contribution is -0.142. The first kappa shape index (κ1) is 17.2. The van der Waals surface area contributed by atoms with Crippen molar-refractivity contribution in [3.8, 4) is 0 Å². The Morgan fingerprint density at radius 1 is 1.24 bits per heavy atom. The van der Waals surface area contributed by atoms with Crippen molar-refractivity contribution in [3.05, 3.63) is 35.9 Å². The zero-order valence-electron chi connectivity index (χ0n) is 12.5. The highest BCUT2D eigenvalue weighted by Gasteiger charge is 2.29. The molecule has 1 rings (SSSR count). The smallest absolute Gasteiger partial charge is 0.326 e. The molecule has 1 amide bonds. The average molecular weight is 293 g/mol. The monoisotopic (exact) mass is 293 g/mol. The number of benzene rings is 1. The van der Waals surface area contributed by atoms with Crippen molar-refractivity contribution in [1.82, 2.24) is 5.32 Å². The van der Waals surface area contributed by atoms with Crippen LogP contribution < -0.4 is 5.32 Å². The molecule has 0 aliphatic rings. The van der Waals surface area contributed by atoms with Crippen molar-refractivity contribution in [3.63, 3.8) is 0 Å². The van der Waals surface area contributed by atoms with E-state index >= 15 is 0 Å². The third-order valence-electron chi connectivity index (χ3n) is 3.69. The molecule has 5 nitrogen and oxygen atoms in total. The number of carbonyl (C=O) groups is 2. The molecule has 0 bridgehead atoms. The summed E-state index contributed by atoms with van der Waals surface area (Å²) in [6.07, 6.45) is 0.813. The molecule has 3 unspecified atom stereocenters. The minimum Gasteiger partial charge on any atom is -0.480 e. The van der Waals surface area contributed by atoms with Crippen LogP contribution in [0.15, 0.2) is 30.3 Å². The van der Waals surface area contributed by atoms with Gasteiger partial charge < -0.3 is 15.5 Å². The first-order chi connectivity index (χ1) is 10.0. The molecule has 5 heteroatoms. The summed E-state index contributed by atoms with van der Waals surface area (Å²) in [6, 6.07) is 8.29. The van der Waals surface area contributed by atoms with Gasteiger partial charge in [-0.1, -0.05) is 50.6 Å². The van der Waals surface area contributed by atoms with E-state index in [1.54, 1.807) is 0 Å². The number of nitrogens with one attached hydrogen (secondary N) is 1. The van der Waals surface area contributed by atoms with E-state index in [2.05, 4.69) is 5.32 Å². The fourth-order valence-electron chi connectivity index (χ4n) is 2.28. The number of carboxylic acids is 1. The van der Waals surface area contributed by atoms with Gasteiger partial charge in [0.25, 0.3) is 0 Å². The van der Waals surface area contributed by atoms with Gasteiger partial charge in [-0.15, -0.1) is 0 Å². The van der Waals surface area contributed by atoms with Crippen molar-refractivity contribution in [1.29, 1.82) is 0 Å². The summed E-state index contributed by atoms with van der Waals surface area (Å²) in [6.45, 7) is 3.69. The van der Waals surface area contributed by atoms with Crippen molar-refractivity contribution >= 4 is 11.9 Å². The molecule has 0 spiro atoms. The molecular formula is C16H23NO4. The summed E-state index contributed by atoms with van der Waals surface area (Å²) in [7, 11) is 0. The molecule has 0 radical (unpaired) electrons. The maximum absolute atomic E-state index is 12.5. The van der Waals surface area contributed by atoms with E-state index in [0.29, 0.717) is 0 Å². The Labute approximate surface area is 125 Å². The molecule has 3 atom stereocenters. The average Bonchev–Trinajstić information content (AvgIpc) is 2.47. The predicted molar refractivity (Wildman–Crippen MR) is 79.9 cm³/mol. The van der Waals surface area contributed by atoms with Gasteiger partial charge in [0.15, 0.2) is 0 Å². The maximum Gasteiger partial charge on any atom is 0.326 e. The number of hydrogen-bond acceptors (Lipinski definition) is 3. The second kappa shape index (κ2) is 8.42. The molecule has 1 aromatic rings. The molecule has 0 aliphatic heterocycles. The van der Waals surface area contributed by atoms with E-state index in [4.69, 9.17) is 10.2 Å². The van der Waals surface area contributed by atoms with Crippen LogP contribution in [0.4, 0.5) is 0 Å². The van der Waals surface area contributed by atoms with E-state index in [1.165, 1.54) is 0 Å². The van der Waals surface area contributed by atoms with E-state index in [-0.39, 0.29) is 24.9 Å². The van der Waals surface area contributed by atoms with Gasteiger partial charge in [0.2, 0.25) is 5.91 Å². The van der Waals surface area contributed by atoms with Gasteiger partial charge in [0, 0.05) is 13.0 Å². The SMILES string of the molecule is CCC(C)C(C(=O)NC(CCO)C(=O)O)c1ccccc1. The zero-order chi connectivity index (χ0) is 15.8. The fourth-order valence-corrected chi connectivity index (χ4v) is 2.28. The summed E-state index contributed by atoms with van der Waals surface area (Å²) in [4.78, 5) is 23.6. The summed E-state index contributed by atoms with van der Waals surface area (Å²) in [5.74, 6) is -1.74. The van der Waals surface area contributed by atoms with Gasteiger partial charge >= 0.3 is 5.97 Å². The molecular weight excluding hydrogens is 270 g/mol. The van der Waals surface area contributed by atoms with Crippen LogP contribution in [0.25, 0.3) is 0 Å². The van der Waals surface area contributed by atoms with Crippen molar-refractivity contribution in [2.75, 3.05) is 6.61 Å². The van der Waals surface area contributed by atoms with Gasteiger partial charge in [-0.25, -0.2) is 4.79 Å². The molecule has 0 heterocycles. The number of amides is 1. The maximum atomic E-state index is 12.5. The van der Waals surface area contributed by atoms with E-state index in [0.717, 1.165) is 12.0 Å². The minimum atomic E-state index is -1.13. The molecule has 0 saturated heterocycles. The largest absolute Gasteiger partial charge is 0.480 e. The van der Waals surface area contributed by atoms with Crippen molar-refractivity contribution < 1.29 is 19.8 Å². The molecule has 0 saturated carbocycles. The Balaban J connectivity index is 2.93. The van der Waals surface area contributed by atoms with Crippen LogP contribution in [0.3, 0.4) is 0 Å². The molecule has 1 aromatic carbocycles. The van der Waals surface area contributed by atoms with Crippen LogP contribution in [0.2, 0.25) is 0 Å². The standard InChI is InChI=1S/C16H23NO4/c1-3-11(2)14(12-7-5-4-6-8-12)15(19)17-13(9-10-18)16(20)21/h4-8,11,13-14,18H,3,9-10H2,1-2H3,(H,17,19)(H,20,21). The Morgan fingerprint density at radius 3 is 2.33 bits per heavy atom. The molecule has 3 N–H and O–H groups in total. The number of carbonyl (C=O) groups excluding carboxylic acids is 1. The lowest BCUT2D eigenvalue weighted by Gasteiger charge is -2.24. The molecule has 0 aromatic heterocycles. The highest BCUT2D eigenvalue weighted by molar-refractivity contribution is 5.88. The summed E-state index contributed by atoms with van der Waals surface area (Å²) in [5, 5.41) is 20.5. The van der Waals surface area contributed by atoms with Crippen molar-refractivity contribution in [2.24, 2.45) is 5.92 Å². The van der Waals surface area contributed by atoms with E-state index in [1.807, 2.05) is 44.2 Å². The van der Waals surface area contributed by atoms with Gasteiger partial charge in [0.05, 0.1) is 5.92 Å². The van der Waals surface area contributed by atoms with Crippen LogP contribution in [0.5, 0.6) is 0 Å². The van der Waals surface area contributed by atoms with Crippen LogP contribution >= 0.6 is 0 Å². The topological polar surface area (TPSA) is 86.6 Å². The first-order valence-corrected chi connectivity index (χ1v) is 7.20. The third-order valence-corrected chi connectivity index (χ3v) is 3.69. The van der Waals surface area contributed by atoms with Gasteiger partial charge in [0.1, 0.15) is 6.04 Å². The fraction of sp³-hybridized carbons (Fsp3) is 0.500. The summed E-state index contributed by atoms with van der Waals surface area (Å²) < 4.78 is 0. The van der Waals surface area contributed by atoms with Crippen molar-refractivity contribution in [2.45, 2.75) is 38.6 Å². The Hall–Kier alpha value is -1.88. The third kappa shape index (κ3) is 4.86. The molecule has 0 aliphatic carbocycles. The molecule has 116 valence electrons. The van der Waals surface area contributed by atoms with Crippen LogP contribution in [-0.4, -0.2) is 34.7 Å². The second-order valence-corrected chi connectivity index (χ2v) is 5.19. The Morgan fingerprint density at radius 2 is 1.86 bits per heavy atom. The number of carboxylic acid groups (broad SMARTS) is 1. The van der Waals surface area contributed by atoms with E-state index < -0.39 is 17.9 Å². The lowest BCUT2D eigenvalue weighted by Crippen LogP contribution is -2.44.